The van der Waals surface area contributed by atoms with E-state index < -0.39 is 0 Å². The van der Waals surface area contributed by atoms with Crippen molar-refractivity contribution in [1.29, 1.82) is 0 Å². The van der Waals surface area contributed by atoms with Crippen molar-refractivity contribution in [2.24, 2.45) is 0 Å². The molecule has 0 bridgehead atoms. The zero-order chi connectivity index (χ0) is 20.1. The lowest BCUT2D eigenvalue weighted by atomic mass is 10.2. The number of aryl methyl sites for hydroxylation is 1. The summed E-state index contributed by atoms with van der Waals surface area (Å²) in [6.07, 6.45) is 1.48. The predicted molar refractivity (Wildman–Crippen MR) is 104 cm³/mol. The lowest BCUT2D eigenvalue weighted by molar-refractivity contribution is 0.0515. The average Bonchev–Trinajstić information content (AvgIpc) is 3.21. The summed E-state index contributed by atoms with van der Waals surface area (Å²) in [6.45, 7) is 5.21. The molecule has 1 aliphatic rings. The third kappa shape index (κ3) is 4.86. The van der Waals surface area contributed by atoms with Gasteiger partial charge in [0.25, 0.3) is 11.8 Å². The largest absolute Gasteiger partial charge is 0.459 e. The summed E-state index contributed by atoms with van der Waals surface area (Å²) in [5.74, 6) is 0.477. The number of piperazine rings is 1. The summed E-state index contributed by atoms with van der Waals surface area (Å²) in [5.41, 5.74) is 1.10. The molecule has 0 unspecified atom stereocenters. The quantitative estimate of drug-likeness (QED) is 0.790. The van der Waals surface area contributed by atoms with Crippen molar-refractivity contribution in [2.45, 2.75) is 6.92 Å². The number of aromatic nitrogens is 2. The van der Waals surface area contributed by atoms with Crippen LogP contribution in [0.4, 0.5) is 5.95 Å². The van der Waals surface area contributed by atoms with E-state index in [4.69, 9.17) is 4.42 Å². The molecule has 1 saturated heterocycles. The topological polar surface area (TPSA) is 94.8 Å². The Balaban J connectivity index is 1.60. The van der Waals surface area contributed by atoms with Crippen LogP contribution < -0.4 is 5.32 Å². The minimum absolute atomic E-state index is 0.147. The molecular formula is C19H26N6O3. The number of hydrogen-bond donors (Lipinski definition) is 1. The molecule has 0 spiro atoms. The molecule has 2 aromatic heterocycles. The summed E-state index contributed by atoms with van der Waals surface area (Å²) in [4.78, 5) is 39.4. The molecule has 2 amide bonds. The van der Waals surface area contributed by atoms with E-state index in [0.717, 1.165) is 12.2 Å². The van der Waals surface area contributed by atoms with Gasteiger partial charge in [-0.15, -0.1) is 0 Å². The first kappa shape index (κ1) is 19.8. The van der Waals surface area contributed by atoms with Crippen LogP contribution in [-0.4, -0.2) is 89.8 Å². The molecule has 1 aliphatic heterocycles. The Hall–Kier alpha value is -2.94. The van der Waals surface area contributed by atoms with Gasteiger partial charge in [0.05, 0.1) is 6.26 Å². The number of carbonyl (C=O) groups excluding carboxylic acids is 2. The first-order chi connectivity index (χ1) is 13.4. The third-order valence-electron chi connectivity index (χ3n) is 4.50. The first-order valence-electron chi connectivity index (χ1n) is 9.30. The molecule has 9 nitrogen and oxygen atoms in total. The SMILES string of the molecule is Cc1cc(C(=O)N2CCN(C(=O)c3ccco3)CC2)nc(NCCN(C)C)n1. The van der Waals surface area contributed by atoms with Crippen molar-refractivity contribution in [3.05, 3.63) is 41.6 Å². The molecule has 1 N–H and O–H groups in total. The van der Waals surface area contributed by atoms with Crippen LogP contribution >= 0.6 is 0 Å². The third-order valence-corrected chi connectivity index (χ3v) is 4.50. The maximum Gasteiger partial charge on any atom is 0.289 e. The van der Waals surface area contributed by atoms with Gasteiger partial charge in [-0.05, 0) is 39.2 Å². The maximum absolute atomic E-state index is 12.9. The summed E-state index contributed by atoms with van der Waals surface area (Å²) in [7, 11) is 3.98. The van der Waals surface area contributed by atoms with Crippen molar-refractivity contribution in [1.82, 2.24) is 24.7 Å². The zero-order valence-electron chi connectivity index (χ0n) is 16.5. The number of carbonyl (C=O) groups is 2. The Morgan fingerprint density at radius 3 is 2.43 bits per heavy atom. The fourth-order valence-corrected chi connectivity index (χ4v) is 2.98. The van der Waals surface area contributed by atoms with Crippen molar-refractivity contribution in [2.75, 3.05) is 58.7 Å². The molecule has 9 heteroatoms. The van der Waals surface area contributed by atoms with Gasteiger partial charge in [-0.25, -0.2) is 9.97 Å². The van der Waals surface area contributed by atoms with Gasteiger partial charge in [0.2, 0.25) is 5.95 Å². The lowest BCUT2D eigenvalue weighted by Crippen LogP contribution is -2.50. The molecule has 1 fully saturated rings. The van der Waals surface area contributed by atoms with Crippen molar-refractivity contribution >= 4 is 17.8 Å². The highest BCUT2D eigenvalue weighted by Gasteiger charge is 2.27. The van der Waals surface area contributed by atoms with Crippen LogP contribution in [0.2, 0.25) is 0 Å². The van der Waals surface area contributed by atoms with Crippen LogP contribution in [0.25, 0.3) is 0 Å². The van der Waals surface area contributed by atoms with Crippen LogP contribution in [0, 0.1) is 6.92 Å². The molecule has 2 aromatic rings. The van der Waals surface area contributed by atoms with E-state index in [9.17, 15) is 9.59 Å². The molecule has 0 saturated carbocycles. The molecule has 0 aromatic carbocycles. The Morgan fingerprint density at radius 2 is 1.82 bits per heavy atom. The van der Waals surface area contributed by atoms with E-state index >= 15 is 0 Å². The summed E-state index contributed by atoms with van der Waals surface area (Å²) >= 11 is 0. The fraction of sp³-hybridized carbons (Fsp3) is 0.474. The monoisotopic (exact) mass is 386 g/mol. The molecular weight excluding hydrogens is 360 g/mol. The van der Waals surface area contributed by atoms with Crippen LogP contribution in [0.15, 0.2) is 28.9 Å². The molecule has 28 heavy (non-hydrogen) atoms. The number of likely N-dealkylation sites (N-methyl/N-ethyl adjacent to an activating group) is 1. The molecule has 150 valence electrons. The normalized spacial score (nSPS) is 14.4. The van der Waals surface area contributed by atoms with Crippen LogP contribution in [-0.2, 0) is 0 Å². The van der Waals surface area contributed by atoms with E-state index in [1.54, 1.807) is 28.0 Å². The second-order valence-electron chi connectivity index (χ2n) is 7.01. The Morgan fingerprint density at radius 1 is 1.14 bits per heavy atom. The van der Waals surface area contributed by atoms with E-state index in [-0.39, 0.29) is 11.8 Å². The smallest absolute Gasteiger partial charge is 0.289 e. The number of furan rings is 1. The van der Waals surface area contributed by atoms with Gasteiger partial charge in [0.1, 0.15) is 5.69 Å². The number of rotatable bonds is 6. The van der Waals surface area contributed by atoms with Gasteiger partial charge < -0.3 is 24.4 Å². The number of anilines is 1. The molecule has 0 radical (unpaired) electrons. The minimum atomic E-state index is -0.151. The number of nitrogens with one attached hydrogen (secondary N) is 1. The second-order valence-corrected chi connectivity index (χ2v) is 7.01. The summed E-state index contributed by atoms with van der Waals surface area (Å²) in [5, 5.41) is 3.15. The van der Waals surface area contributed by atoms with Gasteiger partial charge in [0.15, 0.2) is 5.76 Å². The highest BCUT2D eigenvalue weighted by atomic mass is 16.3. The highest BCUT2D eigenvalue weighted by Crippen LogP contribution is 2.13. The van der Waals surface area contributed by atoms with Gasteiger partial charge in [-0.2, -0.15) is 0 Å². The molecule has 3 heterocycles. The zero-order valence-corrected chi connectivity index (χ0v) is 16.5. The maximum atomic E-state index is 12.9. The lowest BCUT2D eigenvalue weighted by Gasteiger charge is -2.34. The van der Waals surface area contributed by atoms with Gasteiger partial charge >= 0.3 is 0 Å². The van der Waals surface area contributed by atoms with Crippen molar-refractivity contribution < 1.29 is 14.0 Å². The average molecular weight is 386 g/mol. The van der Waals surface area contributed by atoms with E-state index in [0.29, 0.717) is 50.1 Å². The molecule has 3 rings (SSSR count). The van der Waals surface area contributed by atoms with Gasteiger partial charge in [-0.1, -0.05) is 0 Å². The van der Waals surface area contributed by atoms with Crippen molar-refractivity contribution in [3.63, 3.8) is 0 Å². The Bertz CT molecular complexity index is 813. The van der Waals surface area contributed by atoms with Crippen LogP contribution in [0.1, 0.15) is 26.7 Å². The van der Waals surface area contributed by atoms with E-state index in [1.807, 2.05) is 21.0 Å². The van der Waals surface area contributed by atoms with Crippen LogP contribution in [0.5, 0.6) is 0 Å². The van der Waals surface area contributed by atoms with Crippen molar-refractivity contribution in [3.8, 4) is 0 Å². The summed E-state index contributed by atoms with van der Waals surface area (Å²) < 4.78 is 5.17. The van der Waals surface area contributed by atoms with Gasteiger partial charge in [0, 0.05) is 45.0 Å². The fourth-order valence-electron chi connectivity index (χ4n) is 2.98. The van der Waals surface area contributed by atoms with Gasteiger partial charge in [-0.3, -0.25) is 9.59 Å². The standard InChI is InChI=1S/C19H26N6O3/c1-14-13-15(22-19(21-14)20-6-7-23(2)3)17(26)24-8-10-25(11-9-24)18(27)16-5-4-12-28-16/h4-5,12-13H,6-11H2,1-3H3,(H,20,21,22). The molecule has 0 aliphatic carbocycles. The summed E-state index contributed by atoms with van der Waals surface area (Å²) in [6, 6.07) is 5.03. The van der Waals surface area contributed by atoms with E-state index in [2.05, 4.69) is 20.2 Å². The molecule has 0 atom stereocenters. The first-order valence-corrected chi connectivity index (χ1v) is 9.30. The highest BCUT2D eigenvalue weighted by molar-refractivity contribution is 5.94. The van der Waals surface area contributed by atoms with Crippen LogP contribution in [0.3, 0.4) is 0 Å². The number of hydrogen-bond acceptors (Lipinski definition) is 7. The minimum Gasteiger partial charge on any atom is -0.459 e. The second kappa shape index (κ2) is 8.83. The Labute approximate surface area is 164 Å². The number of amides is 2. The predicted octanol–water partition coefficient (Wildman–Crippen LogP) is 0.950. The number of nitrogens with zero attached hydrogens (tertiary/aromatic N) is 5. The Kier molecular flexibility index (Phi) is 6.25. The van der Waals surface area contributed by atoms with E-state index in [1.165, 1.54) is 6.26 Å².